The van der Waals surface area contributed by atoms with Gasteiger partial charge in [0.05, 0.1) is 12.7 Å². The standard InChI is InChI=1S/C15H20FNO3/c1-12(18)17-8-6-15(7-9-17)20-11-10-19-14-4-2-13(16)3-5-14/h2-5,15H,6-11H2,1H3. The van der Waals surface area contributed by atoms with E-state index in [1.807, 2.05) is 4.90 Å². The first-order valence-corrected chi connectivity index (χ1v) is 6.90. The van der Waals surface area contributed by atoms with Crippen LogP contribution in [0.3, 0.4) is 0 Å². The molecule has 1 aromatic carbocycles. The number of halogens is 1. The van der Waals surface area contributed by atoms with E-state index in [1.165, 1.54) is 12.1 Å². The smallest absolute Gasteiger partial charge is 0.219 e. The molecule has 1 saturated heterocycles. The molecule has 2 rings (SSSR count). The van der Waals surface area contributed by atoms with Crippen LogP contribution in [0.25, 0.3) is 0 Å². The molecular weight excluding hydrogens is 261 g/mol. The van der Waals surface area contributed by atoms with Crippen molar-refractivity contribution in [2.45, 2.75) is 25.9 Å². The Morgan fingerprint density at radius 2 is 1.90 bits per heavy atom. The monoisotopic (exact) mass is 281 g/mol. The first-order valence-electron chi connectivity index (χ1n) is 6.90. The SMILES string of the molecule is CC(=O)N1CCC(OCCOc2ccc(F)cc2)CC1. The molecule has 0 saturated carbocycles. The number of likely N-dealkylation sites (tertiary alicyclic amines) is 1. The zero-order chi connectivity index (χ0) is 14.4. The maximum absolute atomic E-state index is 12.7. The Morgan fingerprint density at radius 3 is 2.50 bits per heavy atom. The minimum absolute atomic E-state index is 0.128. The maximum Gasteiger partial charge on any atom is 0.219 e. The van der Waals surface area contributed by atoms with E-state index in [0.29, 0.717) is 19.0 Å². The van der Waals surface area contributed by atoms with Crippen LogP contribution in [-0.2, 0) is 9.53 Å². The average Bonchev–Trinajstić information content (AvgIpc) is 2.46. The van der Waals surface area contributed by atoms with E-state index in [1.54, 1.807) is 19.1 Å². The number of benzene rings is 1. The lowest BCUT2D eigenvalue weighted by atomic mass is 10.1. The number of amides is 1. The molecule has 1 aliphatic rings. The van der Waals surface area contributed by atoms with Gasteiger partial charge in [0.15, 0.2) is 0 Å². The van der Waals surface area contributed by atoms with Crippen LogP contribution in [0, 0.1) is 5.82 Å². The molecule has 0 N–H and O–H groups in total. The Hall–Kier alpha value is -1.62. The zero-order valence-electron chi connectivity index (χ0n) is 11.7. The van der Waals surface area contributed by atoms with Crippen LogP contribution in [0.15, 0.2) is 24.3 Å². The molecule has 5 heteroatoms. The summed E-state index contributed by atoms with van der Waals surface area (Å²) in [6.07, 6.45) is 1.94. The van der Waals surface area contributed by atoms with Crippen LogP contribution in [0.5, 0.6) is 5.75 Å². The minimum Gasteiger partial charge on any atom is -0.491 e. The van der Waals surface area contributed by atoms with Gasteiger partial charge >= 0.3 is 0 Å². The lowest BCUT2D eigenvalue weighted by Gasteiger charge is -2.31. The predicted octanol–water partition coefficient (Wildman–Crippen LogP) is 2.23. The third-order valence-electron chi connectivity index (χ3n) is 3.41. The largest absolute Gasteiger partial charge is 0.491 e. The van der Waals surface area contributed by atoms with Crippen molar-refractivity contribution >= 4 is 5.91 Å². The highest BCUT2D eigenvalue weighted by atomic mass is 19.1. The van der Waals surface area contributed by atoms with E-state index in [2.05, 4.69) is 0 Å². The fraction of sp³-hybridized carbons (Fsp3) is 0.533. The normalized spacial score (nSPS) is 16.2. The summed E-state index contributed by atoms with van der Waals surface area (Å²) in [5, 5.41) is 0. The predicted molar refractivity (Wildman–Crippen MR) is 73.1 cm³/mol. The molecule has 0 radical (unpaired) electrons. The van der Waals surface area contributed by atoms with E-state index in [0.717, 1.165) is 25.9 Å². The fourth-order valence-electron chi connectivity index (χ4n) is 2.24. The molecule has 20 heavy (non-hydrogen) atoms. The topological polar surface area (TPSA) is 38.8 Å². The lowest BCUT2D eigenvalue weighted by Crippen LogP contribution is -2.40. The second-order valence-corrected chi connectivity index (χ2v) is 4.88. The number of carbonyl (C=O) groups is 1. The summed E-state index contributed by atoms with van der Waals surface area (Å²) in [6, 6.07) is 5.93. The molecule has 1 amide bonds. The third-order valence-corrected chi connectivity index (χ3v) is 3.41. The average molecular weight is 281 g/mol. The molecule has 0 aliphatic carbocycles. The highest BCUT2D eigenvalue weighted by Gasteiger charge is 2.20. The van der Waals surface area contributed by atoms with E-state index in [9.17, 15) is 9.18 Å². The van der Waals surface area contributed by atoms with E-state index in [-0.39, 0.29) is 17.8 Å². The van der Waals surface area contributed by atoms with Crippen molar-refractivity contribution < 1.29 is 18.7 Å². The Balaban J connectivity index is 1.60. The van der Waals surface area contributed by atoms with E-state index < -0.39 is 0 Å². The number of hydrogen-bond acceptors (Lipinski definition) is 3. The summed E-state index contributed by atoms with van der Waals surface area (Å²) in [5.74, 6) is 0.496. The second-order valence-electron chi connectivity index (χ2n) is 4.88. The summed E-state index contributed by atoms with van der Waals surface area (Å²) >= 11 is 0. The molecule has 110 valence electrons. The van der Waals surface area contributed by atoms with Gasteiger partial charge < -0.3 is 14.4 Å². The summed E-state index contributed by atoms with van der Waals surface area (Å²) < 4.78 is 23.9. The van der Waals surface area contributed by atoms with Gasteiger partial charge in [0.2, 0.25) is 5.91 Å². The first kappa shape index (κ1) is 14.8. The van der Waals surface area contributed by atoms with Gasteiger partial charge in [-0.2, -0.15) is 0 Å². The number of hydrogen-bond donors (Lipinski definition) is 0. The van der Waals surface area contributed by atoms with Crippen LogP contribution in [0.1, 0.15) is 19.8 Å². The summed E-state index contributed by atoms with van der Waals surface area (Å²) in [7, 11) is 0. The third kappa shape index (κ3) is 4.49. The molecule has 1 aliphatic heterocycles. The van der Waals surface area contributed by atoms with E-state index >= 15 is 0 Å². The van der Waals surface area contributed by atoms with Crippen LogP contribution in [-0.4, -0.2) is 43.2 Å². The Morgan fingerprint density at radius 1 is 1.25 bits per heavy atom. The molecule has 0 unspecified atom stereocenters. The molecular formula is C15H20FNO3. The summed E-state index contributed by atoms with van der Waals surface area (Å²) in [4.78, 5) is 13.0. The van der Waals surface area contributed by atoms with Gasteiger partial charge in [0.1, 0.15) is 18.2 Å². The van der Waals surface area contributed by atoms with Gasteiger partial charge in [0.25, 0.3) is 0 Å². The fourth-order valence-corrected chi connectivity index (χ4v) is 2.24. The lowest BCUT2D eigenvalue weighted by molar-refractivity contribution is -0.131. The van der Waals surface area contributed by atoms with Crippen molar-refractivity contribution in [2.24, 2.45) is 0 Å². The van der Waals surface area contributed by atoms with E-state index in [4.69, 9.17) is 9.47 Å². The Kier molecular flexibility index (Phi) is 5.35. The molecule has 1 aromatic rings. The Bertz CT molecular complexity index is 427. The second kappa shape index (κ2) is 7.24. The van der Waals surface area contributed by atoms with Crippen molar-refractivity contribution in [3.8, 4) is 5.75 Å². The number of rotatable bonds is 5. The van der Waals surface area contributed by atoms with Crippen LogP contribution in [0.4, 0.5) is 4.39 Å². The molecule has 0 aromatic heterocycles. The van der Waals surface area contributed by atoms with Gasteiger partial charge in [-0.3, -0.25) is 4.79 Å². The molecule has 0 bridgehead atoms. The number of ether oxygens (including phenoxy) is 2. The number of nitrogens with zero attached hydrogens (tertiary/aromatic N) is 1. The van der Waals surface area contributed by atoms with Gasteiger partial charge in [-0.1, -0.05) is 0 Å². The van der Waals surface area contributed by atoms with Crippen molar-refractivity contribution in [1.82, 2.24) is 4.90 Å². The highest BCUT2D eigenvalue weighted by Crippen LogP contribution is 2.14. The minimum atomic E-state index is -0.272. The summed E-state index contributed by atoms with van der Waals surface area (Å²) in [6.45, 7) is 4.07. The number of carbonyl (C=O) groups excluding carboxylic acids is 1. The van der Waals surface area contributed by atoms with Crippen molar-refractivity contribution in [3.63, 3.8) is 0 Å². The first-order chi connectivity index (χ1) is 9.65. The van der Waals surface area contributed by atoms with Crippen molar-refractivity contribution in [1.29, 1.82) is 0 Å². The van der Waals surface area contributed by atoms with Gasteiger partial charge in [-0.25, -0.2) is 4.39 Å². The Labute approximate surface area is 118 Å². The van der Waals surface area contributed by atoms with Gasteiger partial charge in [-0.15, -0.1) is 0 Å². The molecule has 0 atom stereocenters. The number of piperidine rings is 1. The quantitative estimate of drug-likeness (QED) is 0.777. The van der Waals surface area contributed by atoms with Crippen molar-refractivity contribution in [2.75, 3.05) is 26.3 Å². The molecule has 4 nitrogen and oxygen atoms in total. The summed E-state index contributed by atoms with van der Waals surface area (Å²) in [5.41, 5.74) is 0. The van der Waals surface area contributed by atoms with Gasteiger partial charge in [-0.05, 0) is 37.1 Å². The molecule has 0 spiro atoms. The molecule has 1 heterocycles. The van der Waals surface area contributed by atoms with Crippen LogP contribution >= 0.6 is 0 Å². The highest BCUT2D eigenvalue weighted by molar-refractivity contribution is 5.73. The van der Waals surface area contributed by atoms with Gasteiger partial charge in [0, 0.05) is 20.0 Å². The molecule has 1 fully saturated rings. The maximum atomic E-state index is 12.7. The van der Waals surface area contributed by atoms with Crippen LogP contribution in [0.2, 0.25) is 0 Å². The zero-order valence-corrected chi connectivity index (χ0v) is 11.7. The van der Waals surface area contributed by atoms with Crippen molar-refractivity contribution in [3.05, 3.63) is 30.1 Å². The van der Waals surface area contributed by atoms with Crippen LogP contribution < -0.4 is 4.74 Å².